The van der Waals surface area contributed by atoms with Crippen molar-refractivity contribution in [2.45, 2.75) is 51.8 Å². The maximum atomic E-state index is 11.5. The van der Waals surface area contributed by atoms with E-state index < -0.39 is 5.60 Å². The largest absolute Gasteiger partial charge is 0.388 e. The fourth-order valence-corrected chi connectivity index (χ4v) is 1.17. The molecule has 0 spiro atoms. The minimum absolute atomic E-state index is 0.0762. The van der Waals surface area contributed by atoms with E-state index in [0.717, 1.165) is 0 Å². The molecular formula is C10H19N5O2. The quantitative estimate of drug-likeness (QED) is 0.715. The smallest absolute Gasteiger partial charge is 0.220 e. The normalized spacial score (nSPS) is 13.4. The summed E-state index contributed by atoms with van der Waals surface area (Å²) in [5, 5.41) is 23.1. The van der Waals surface area contributed by atoms with Gasteiger partial charge in [0.05, 0.1) is 11.6 Å². The first-order valence-corrected chi connectivity index (χ1v) is 5.62. The second-order valence-corrected chi connectivity index (χ2v) is 4.62. The van der Waals surface area contributed by atoms with Gasteiger partial charge in [0.15, 0.2) is 0 Å². The van der Waals surface area contributed by atoms with Crippen molar-refractivity contribution in [1.29, 1.82) is 0 Å². The van der Waals surface area contributed by atoms with Gasteiger partial charge in [-0.3, -0.25) is 4.79 Å². The highest BCUT2D eigenvalue weighted by atomic mass is 16.3. The van der Waals surface area contributed by atoms with E-state index in [0.29, 0.717) is 19.4 Å². The van der Waals surface area contributed by atoms with Gasteiger partial charge in [-0.05, 0) is 37.6 Å². The summed E-state index contributed by atoms with van der Waals surface area (Å²) in [4.78, 5) is 11.5. The molecule has 0 aromatic carbocycles. The Morgan fingerprint density at radius 2 is 2.29 bits per heavy atom. The van der Waals surface area contributed by atoms with E-state index >= 15 is 0 Å². The Bertz CT molecular complexity index is 344. The number of rotatable bonds is 6. The van der Waals surface area contributed by atoms with E-state index in [1.54, 1.807) is 25.5 Å². The zero-order valence-electron chi connectivity index (χ0n) is 10.4. The van der Waals surface area contributed by atoms with Crippen molar-refractivity contribution >= 4 is 5.91 Å². The van der Waals surface area contributed by atoms with Crippen molar-refractivity contribution in [3.63, 3.8) is 0 Å². The van der Waals surface area contributed by atoms with Crippen molar-refractivity contribution < 1.29 is 9.90 Å². The predicted octanol–water partition coefficient (Wildman–Crippen LogP) is -0.271. The third-order valence-electron chi connectivity index (χ3n) is 2.62. The lowest BCUT2D eigenvalue weighted by Gasteiger charge is -2.26. The van der Waals surface area contributed by atoms with E-state index in [-0.39, 0.29) is 11.9 Å². The second kappa shape index (κ2) is 5.72. The van der Waals surface area contributed by atoms with Gasteiger partial charge in [0.2, 0.25) is 5.91 Å². The van der Waals surface area contributed by atoms with Crippen LogP contribution in [-0.4, -0.2) is 42.9 Å². The van der Waals surface area contributed by atoms with E-state index in [9.17, 15) is 9.90 Å². The number of carbonyl (C=O) groups excluding carboxylic acids is 1. The summed E-state index contributed by atoms with van der Waals surface area (Å²) < 4.78 is 1.58. The molecular weight excluding hydrogens is 222 g/mol. The van der Waals surface area contributed by atoms with Crippen LogP contribution in [0, 0.1) is 0 Å². The van der Waals surface area contributed by atoms with Crippen molar-refractivity contribution in [2.75, 3.05) is 0 Å². The van der Waals surface area contributed by atoms with Crippen LogP contribution in [-0.2, 0) is 11.3 Å². The number of nitrogens with one attached hydrogen (secondary N) is 1. The molecule has 1 aromatic rings. The molecule has 1 heterocycles. The molecule has 0 fully saturated rings. The van der Waals surface area contributed by atoms with Gasteiger partial charge >= 0.3 is 0 Å². The van der Waals surface area contributed by atoms with Crippen LogP contribution in [0.25, 0.3) is 0 Å². The molecule has 17 heavy (non-hydrogen) atoms. The summed E-state index contributed by atoms with van der Waals surface area (Å²) >= 11 is 0. The summed E-state index contributed by atoms with van der Waals surface area (Å²) in [5.41, 5.74) is -0.911. The van der Waals surface area contributed by atoms with E-state index in [1.165, 1.54) is 6.33 Å². The van der Waals surface area contributed by atoms with Gasteiger partial charge in [-0.2, -0.15) is 0 Å². The number of nitrogens with zero attached hydrogens (tertiary/aromatic N) is 4. The van der Waals surface area contributed by atoms with Crippen molar-refractivity contribution in [3.05, 3.63) is 6.33 Å². The average Bonchev–Trinajstić information content (AvgIpc) is 2.69. The SMILES string of the molecule is C[C@@H](NC(=O)CCCn1cnnn1)C(C)(C)O. The minimum atomic E-state index is -0.911. The molecule has 2 N–H and O–H groups in total. The molecule has 1 atom stereocenters. The summed E-state index contributed by atoms with van der Waals surface area (Å²) in [6, 6.07) is -0.275. The first-order chi connectivity index (χ1) is 7.89. The molecule has 0 radical (unpaired) electrons. The average molecular weight is 241 g/mol. The molecule has 7 nitrogen and oxygen atoms in total. The lowest BCUT2D eigenvalue weighted by Crippen LogP contribution is -2.47. The van der Waals surface area contributed by atoms with Crippen molar-refractivity contribution in [3.8, 4) is 0 Å². The van der Waals surface area contributed by atoms with Crippen LogP contribution in [0.15, 0.2) is 6.33 Å². The zero-order chi connectivity index (χ0) is 12.9. The Morgan fingerprint density at radius 3 is 2.82 bits per heavy atom. The molecule has 1 aromatic heterocycles. The monoisotopic (exact) mass is 241 g/mol. The highest BCUT2D eigenvalue weighted by Gasteiger charge is 2.23. The Kier molecular flexibility index (Phi) is 4.56. The standard InChI is InChI=1S/C10H19N5O2/c1-8(10(2,3)17)12-9(16)5-4-6-15-7-11-13-14-15/h7-8,17H,4-6H2,1-3H3,(H,12,16)/t8-/m1/s1. The molecule has 1 amide bonds. The second-order valence-electron chi connectivity index (χ2n) is 4.62. The number of hydrogen-bond donors (Lipinski definition) is 2. The molecule has 0 aliphatic carbocycles. The van der Waals surface area contributed by atoms with Crippen molar-refractivity contribution in [1.82, 2.24) is 25.5 Å². The van der Waals surface area contributed by atoms with Gasteiger partial charge in [-0.15, -0.1) is 5.10 Å². The summed E-state index contributed by atoms with van der Waals surface area (Å²) in [5.74, 6) is -0.0762. The molecule has 0 aliphatic rings. The fourth-order valence-electron chi connectivity index (χ4n) is 1.17. The molecule has 0 aliphatic heterocycles. The Hall–Kier alpha value is -1.50. The first kappa shape index (κ1) is 13.6. The van der Waals surface area contributed by atoms with Crippen LogP contribution in [0.1, 0.15) is 33.6 Å². The molecule has 1 rings (SSSR count). The van der Waals surface area contributed by atoms with Crippen molar-refractivity contribution in [2.24, 2.45) is 0 Å². The highest BCUT2D eigenvalue weighted by Crippen LogP contribution is 2.07. The van der Waals surface area contributed by atoms with E-state index in [1.807, 2.05) is 0 Å². The predicted molar refractivity (Wildman–Crippen MR) is 61.0 cm³/mol. The molecule has 0 unspecified atom stereocenters. The van der Waals surface area contributed by atoms with Gasteiger partial charge < -0.3 is 10.4 Å². The van der Waals surface area contributed by atoms with Gasteiger partial charge in [-0.1, -0.05) is 0 Å². The molecule has 7 heteroatoms. The Morgan fingerprint density at radius 1 is 1.59 bits per heavy atom. The number of amides is 1. The lowest BCUT2D eigenvalue weighted by atomic mass is 10.0. The van der Waals surface area contributed by atoms with Crippen LogP contribution in [0.3, 0.4) is 0 Å². The topological polar surface area (TPSA) is 92.9 Å². The highest BCUT2D eigenvalue weighted by molar-refractivity contribution is 5.76. The third kappa shape index (κ3) is 4.90. The fraction of sp³-hybridized carbons (Fsp3) is 0.800. The van der Waals surface area contributed by atoms with Crippen LogP contribution in [0.2, 0.25) is 0 Å². The Labute approximate surface area is 100 Å². The van der Waals surface area contributed by atoms with Crippen LogP contribution < -0.4 is 5.32 Å². The molecule has 0 bridgehead atoms. The molecule has 0 saturated heterocycles. The van der Waals surface area contributed by atoms with Gasteiger partial charge in [0.1, 0.15) is 6.33 Å². The van der Waals surface area contributed by atoms with Crippen LogP contribution in [0.5, 0.6) is 0 Å². The van der Waals surface area contributed by atoms with Gasteiger partial charge in [0, 0.05) is 13.0 Å². The third-order valence-corrected chi connectivity index (χ3v) is 2.62. The lowest BCUT2D eigenvalue weighted by molar-refractivity contribution is -0.123. The zero-order valence-corrected chi connectivity index (χ0v) is 10.4. The van der Waals surface area contributed by atoms with E-state index in [4.69, 9.17) is 0 Å². The summed E-state index contributed by atoms with van der Waals surface area (Å²) in [6.07, 6.45) is 2.56. The number of aryl methyl sites for hydroxylation is 1. The van der Waals surface area contributed by atoms with Gasteiger partial charge in [-0.25, -0.2) is 4.68 Å². The summed E-state index contributed by atoms with van der Waals surface area (Å²) in [6.45, 7) is 5.72. The summed E-state index contributed by atoms with van der Waals surface area (Å²) in [7, 11) is 0. The number of aliphatic hydroxyl groups is 1. The molecule has 0 saturated carbocycles. The van der Waals surface area contributed by atoms with Crippen LogP contribution >= 0.6 is 0 Å². The molecule has 96 valence electrons. The maximum absolute atomic E-state index is 11.5. The maximum Gasteiger partial charge on any atom is 0.220 e. The number of aromatic nitrogens is 4. The minimum Gasteiger partial charge on any atom is -0.388 e. The first-order valence-electron chi connectivity index (χ1n) is 5.62. The van der Waals surface area contributed by atoms with Crippen LogP contribution in [0.4, 0.5) is 0 Å². The van der Waals surface area contributed by atoms with E-state index in [2.05, 4.69) is 20.8 Å². The Balaban J connectivity index is 2.22. The van der Waals surface area contributed by atoms with Gasteiger partial charge in [0.25, 0.3) is 0 Å². The number of carbonyl (C=O) groups is 1. The number of hydrogen-bond acceptors (Lipinski definition) is 5. The number of tetrazole rings is 1.